The Balaban J connectivity index is 0.704. The summed E-state index contributed by atoms with van der Waals surface area (Å²) in [5.41, 5.74) is 10.2. The van der Waals surface area contributed by atoms with Gasteiger partial charge in [0, 0.05) is 113 Å². The molecule has 362 valence electrons. The van der Waals surface area contributed by atoms with E-state index in [1.165, 1.54) is 12.0 Å². The van der Waals surface area contributed by atoms with E-state index in [0.717, 1.165) is 79.4 Å². The fourth-order valence-electron chi connectivity index (χ4n) is 10.8. The number of nitrogens with one attached hydrogen (secondary N) is 4. The highest BCUT2D eigenvalue weighted by atomic mass is 35.5. The topological polar surface area (TPSA) is 211 Å². The Kier molecular flexibility index (Phi) is 11.2. The van der Waals surface area contributed by atoms with Crippen molar-refractivity contribution in [1.29, 1.82) is 0 Å². The van der Waals surface area contributed by atoms with Gasteiger partial charge < -0.3 is 29.9 Å². The number of halogens is 1. The van der Waals surface area contributed by atoms with Gasteiger partial charge in [0.25, 0.3) is 11.8 Å². The third-order valence-electron chi connectivity index (χ3n) is 14.4. The van der Waals surface area contributed by atoms with Crippen LogP contribution in [-0.2, 0) is 34.5 Å². The first-order valence-electron chi connectivity index (χ1n) is 23.4. The molecule has 2 saturated heterocycles. The molecule has 1 aliphatic carbocycles. The second-order valence-electron chi connectivity index (χ2n) is 19.2. The summed E-state index contributed by atoms with van der Waals surface area (Å²) in [5, 5.41) is 27.8. The molecule has 3 fully saturated rings. The van der Waals surface area contributed by atoms with Gasteiger partial charge in [0.2, 0.25) is 11.8 Å². The van der Waals surface area contributed by atoms with Crippen molar-refractivity contribution in [2.45, 2.75) is 64.7 Å². The van der Waals surface area contributed by atoms with Crippen LogP contribution < -0.4 is 25.4 Å². The van der Waals surface area contributed by atoms with E-state index in [1.807, 2.05) is 48.1 Å². The Morgan fingerprint density at radius 1 is 0.986 bits per heavy atom. The molecule has 19 heteroatoms. The van der Waals surface area contributed by atoms with Crippen molar-refractivity contribution in [3.8, 4) is 33.9 Å². The lowest BCUT2D eigenvalue weighted by Crippen LogP contribution is -2.64. The monoisotopic (exact) mass is 975 g/mol. The summed E-state index contributed by atoms with van der Waals surface area (Å²) in [7, 11) is 3.43. The lowest BCUT2D eigenvalue weighted by atomic mass is 9.60. The molecule has 6 amide bonds. The summed E-state index contributed by atoms with van der Waals surface area (Å²) in [6.07, 6.45) is 5.85. The molecular weight excluding hydrogens is 926 g/mol. The molecule has 4 aliphatic rings. The number of carbonyl (C=O) groups is 5. The Hall–Kier alpha value is -7.99. The molecule has 4 aromatic carbocycles. The quantitative estimate of drug-likeness (QED) is 0.0718. The minimum atomic E-state index is -0.711. The molecule has 1 atom stereocenters. The lowest BCUT2D eigenvalue weighted by Gasteiger charge is -2.59. The third kappa shape index (κ3) is 8.10. The maximum absolute atomic E-state index is 13.7. The molecule has 1 unspecified atom stereocenters. The zero-order valence-corrected chi connectivity index (χ0v) is 40.3. The van der Waals surface area contributed by atoms with Gasteiger partial charge in [-0.3, -0.25) is 39.0 Å². The number of rotatable bonds is 12. The van der Waals surface area contributed by atoms with E-state index in [9.17, 15) is 24.0 Å². The van der Waals surface area contributed by atoms with Crippen LogP contribution in [0, 0.1) is 19.3 Å². The third-order valence-corrected chi connectivity index (χ3v) is 14.9. The first kappa shape index (κ1) is 45.5. The predicted molar refractivity (Wildman–Crippen MR) is 265 cm³/mol. The number of fused-ring (bicyclic) bond motifs is 3. The number of aromatic nitrogens is 6. The van der Waals surface area contributed by atoms with Crippen molar-refractivity contribution in [3.63, 3.8) is 0 Å². The molecule has 1 saturated carbocycles. The minimum absolute atomic E-state index is 0.0277. The maximum Gasteiger partial charge on any atom is 0.319 e. The highest BCUT2D eigenvalue weighted by molar-refractivity contribution is 6.36. The Morgan fingerprint density at radius 2 is 1.79 bits per heavy atom. The van der Waals surface area contributed by atoms with E-state index in [2.05, 4.69) is 67.6 Å². The summed E-state index contributed by atoms with van der Waals surface area (Å²) in [6, 6.07) is 17.4. The number of hydrogen-bond donors (Lipinski definition) is 4. The smallest absolute Gasteiger partial charge is 0.319 e. The standard InChI is InChI=1S/C52H50ClN11O7/c1-27-12-40-39(22-55-59-40)45(46(27)53)44-29(3)64(60-47(44)31-7-9-41-32(14-31)21-56-61(41)4)35-18-52(19-35)25-62(26-52)49(67)28(2)24-71-37-16-34(15-36(17-37)70-5)57-51(69)54-20-30-6-8-38-33(13-30)23-63(50(38)68)42-10-11-43(65)58-48(42)66/h6-9,12-17,21-22,35,42H,2,10-11,18-20,23-26H2,1,3-5H3,(H,55,59)(H2,54,57,69)(H,58,65,66). The van der Waals surface area contributed by atoms with Crippen molar-refractivity contribution in [1.82, 2.24) is 50.2 Å². The number of urea groups is 1. The van der Waals surface area contributed by atoms with Crippen LogP contribution in [0.1, 0.15) is 64.5 Å². The number of carbonyl (C=O) groups excluding carboxylic acids is 5. The van der Waals surface area contributed by atoms with Gasteiger partial charge in [0.1, 0.15) is 29.8 Å². The maximum atomic E-state index is 13.7. The summed E-state index contributed by atoms with van der Waals surface area (Å²) in [6.45, 7) is 9.70. The zero-order chi connectivity index (χ0) is 49.5. The Labute approximate surface area is 412 Å². The van der Waals surface area contributed by atoms with E-state index in [1.54, 1.807) is 30.3 Å². The second kappa shape index (κ2) is 17.4. The number of aryl methyl sites for hydroxylation is 2. The first-order valence-corrected chi connectivity index (χ1v) is 23.8. The molecule has 3 aromatic heterocycles. The number of likely N-dealkylation sites (tertiary alicyclic amines) is 1. The van der Waals surface area contributed by atoms with Gasteiger partial charge in [0.05, 0.1) is 41.6 Å². The molecule has 71 heavy (non-hydrogen) atoms. The number of benzene rings is 4. The zero-order valence-electron chi connectivity index (χ0n) is 39.5. The number of H-pyrrole nitrogens is 1. The number of imide groups is 1. The molecule has 7 aromatic rings. The molecule has 0 radical (unpaired) electrons. The van der Waals surface area contributed by atoms with Gasteiger partial charge in [-0.25, -0.2) is 4.79 Å². The minimum Gasteiger partial charge on any atom is -0.497 e. The number of piperidine rings is 1. The van der Waals surface area contributed by atoms with Crippen LogP contribution in [0.4, 0.5) is 10.5 Å². The van der Waals surface area contributed by atoms with Gasteiger partial charge >= 0.3 is 6.03 Å². The van der Waals surface area contributed by atoms with Gasteiger partial charge in [-0.05, 0) is 74.1 Å². The average molecular weight is 976 g/mol. The Bertz CT molecular complexity index is 3410. The van der Waals surface area contributed by atoms with E-state index in [0.29, 0.717) is 46.4 Å². The number of methoxy groups -OCH3 is 1. The average Bonchev–Trinajstić information content (AvgIpc) is 4.11. The molecule has 1 spiro atoms. The molecule has 11 rings (SSSR count). The first-order chi connectivity index (χ1) is 34.1. The highest BCUT2D eigenvalue weighted by Gasteiger charge is 2.55. The van der Waals surface area contributed by atoms with Gasteiger partial charge in [-0.1, -0.05) is 36.4 Å². The van der Waals surface area contributed by atoms with E-state index in [-0.39, 0.29) is 61.7 Å². The van der Waals surface area contributed by atoms with E-state index < -0.39 is 18.0 Å². The number of anilines is 1. The van der Waals surface area contributed by atoms with Crippen molar-refractivity contribution < 1.29 is 33.4 Å². The number of nitrogens with zero attached hydrogens (tertiary/aromatic N) is 7. The van der Waals surface area contributed by atoms with Crippen LogP contribution in [0.15, 0.2) is 85.2 Å². The SMILES string of the molecule is C=C(COc1cc(NC(=O)NCc2ccc3c(c2)CN(C2CCC(=O)NC2=O)C3=O)cc(OC)c1)C(=O)N1CC2(CC(n3nc(-c4ccc5c(cnn5C)c4)c(-c4c(Cl)c(C)cc5[nH]ncc45)c3C)C2)C1. The summed E-state index contributed by atoms with van der Waals surface area (Å²) < 4.78 is 15.5. The van der Waals surface area contributed by atoms with Crippen molar-refractivity contribution >= 4 is 68.8 Å². The van der Waals surface area contributed by atoms with E-state index >= 15 is 0 Å². The number of amides is 6. The summed E-state index contributed by atoms with van der Waals surface area (Å²) >= 11 is 7.15. The fraction of sp³-hybridized carbons (Fsp3) is 0.308. The molecule has 0 bridgehead atoms. The lowest BCUT2D eigenvalue weighted by molar-refractivity contribution is -0.150. The number of hydrogen-bond acceptors (Lipinski definition) is 10. The molecule has 4 N–H and O–H groups in total. The summed E-state index contributed by atoms with van der Waals surface area (Å²) in [5.74, 6) is -0.460. The highest BCUT2D eigenvalue weighted by Crippen LogP contribution is 2.56. The molecule has 18 nitrogen and oxygen atoms in total. The van der Waals surface area contributed by atoms with Crippen molar-refractivity contribution in [3.05, 3.63) is 118 Å². The van der Waals surface area contributed by atoms with Crippen LogP contribution >= 0.6 is 11.6 Å². The van der Waals surface area contributed by atoms with Crippen LogP contribution in [0.5, 0.6) is 11.5 Å². The van der Waals surface area contributed by atoms with Crippen molar-refractivity contribution in [2.24, 2.45) is 12.5 Å². The normalized spacial score (nSPS) is 17.3. The second-order valence-corrected chi connectivity index (χ2v) is 19.6. The molecular formula is C52H50ClN11O7. The van der Waals surface area contributed by atoms with Gasteiger partial charge in [-0.2, -0.15) is 15.3 Å². The van der Waals surface area contributed by atoms with Crippen LogP contribution in [-0.4, -0.2) is 102 Å². The predicted octanol–water partition coefficient (Wildman–Crippen LogP) is 7.14. The van der Waals surface area contributed by atoms with Crippen LogP contribution in [0.2, 0.25) is 5.02 Å². The number of aromatic amines is 1. The summed E-state index contributed by atoms with van der Waals surface area (Å²) in [4.78, 5) is 67.2. The Morgan fingerprint density at radius 3 is 2.58 bits per heavy atom. The largest absolute Gasteiger partial charge is 0.497 e. The van der Waals surface area contributed by atoms with Crippen LogP contribution in [0.25, 0.3) is 44.2 Å². The molecule has 3 aliphatic heterocycles. The number of ether oxygens (including phenoxy) is 2. The van der Waals surface area contributed by atoms with Crippen LogP contribution in [0.3, 0.4) is 0 Å². The van der Waals surface area contributed by atoms with Gasteiger partial charge in [0.15, 0.2) is 0 Å². The fourth-order valence-corrected chi connectivity index (χ4v) is 11.1. The molecule has 6 heterocycles. The van der Waals surface area contributed by atoms with Gasteiger partial charge in [-0.15, -0.1) is 0 Å². The van der Waals surface area contributed by atoms with Crippen molar-refractivity contribution in [2.75, 3.05) is 32.1 Å². The van der Waals surface area contributed by atoms with E-state index in [4.69, 9.17) is 26.2 Å².